The Balaban J connectivity index is 1.32. The van der Waals surface area contributed by atoms with E-state index >= 15 is 0 Å². The lowest BCUT2D eigenvalue weighted by molar-refractivity contribution is 0.463. The Morgan fingerprint density at radius 3 is 2.81 bits per heavy atom. The van der Waals surface area contributed by atoms with Crippen molar-refractivity contribution in [3.8, 4) is 0 Å². The van der Waals surface area contributed by atoms with Crippen LogP contribution in [0.4, 0.5) is 5.00 Å². The number of nitrogens with zero attached hydrogens (tertiary/aromatic N) is 3. The van der Waals surface area contributed by atoms with Gasteiger partial charge in [-0.05, 0) is 48.1 Å². The van der Waals surface area contributed by atoms with Gasteiger partial charge < -0.3 is 15.5 Å². The maximum Gasteiger partial charge on any atom is 0.191 e. The number of para-hydroxylation sites is 1. The van der Waals surface area contributed by atoms with E-state index in [4.69, 9.17) is 0 Å². The Labute approximate surface area is 164 Å². The van der Waals surface area contributed by atoms with Crippen LogP contribution in [0, 0.1) is 0 Å². The van der Waals surface area contributed by atoms with Crippen LogP contribution in [-0.4, -0.2) is 37.1 Å². The van der Waals surface area contributed by atoms with Gasteiger partial charge in [0.1, 0.15) is 0 Å². The molecule has 2 aromatic heterocycles. The molecule has 3 heterocycles. The molecule has 0 amide bonds. The van der Waals surface area contributed by atoms with Crippen molar-refractivity contribution >= 4 is 33.2 Å². The summed E-state index contributed by atoms with van der Waals surface area (Å²) in [5.41, 5.74) is 2.26. The summed E-state index contributed by atoms with van der Waals surface area (Å²) in [7, 11) is 1.83. The van der Waals surface area contributed by atoms with Gasteiger partial charge in [-0.2, -0.15) is 0 Å². The SMILES string of the molecule is CN=C(NCc1ccnc2ccccc12)NC1CCN(c2cccs2)CC1. The lowest BCUT2D eigenvalue weighted by Gasteiger charge is -2.33. The summed E-state index contributed by atoms with van der Waals surface area (Å²) in [5.74, 6) is 0.866. The van der Waals surface area contributed by atoms with E-state index in [1.165, 1.54) is 16.0 Å². The molecule has 1 fully saturated rings. The first-order chi connectivity index (χ1) is 13.3. The van der Waals surface area contributed by atoms with E-state index in [2.05, 4.69) is 61.2 Å². The van der Waals surface area contributed by atoms with E-state index in [-0.39, 0.29) is 0 Å². The van der Waals surface area contributed by atoms with Crippen LogP contribution in [0.3, 0.4) is 0 Å². The van der Waals surface area contributed by atoms with Crippen molar-refractivity contribution in [1.82, 2.24) is 15.6 Å². The molecule has 0 radical (unpaired) electrons. The van der Waals surface area contributed by atoms with Crippen molar-refractivity contribution in [3.63, 3.8) is 0 Å². The summed E-state index contributed by atoms with van der Waals surface area (Å²) in [6, 6.07) is 15.1. The average molecular weight is 380 g/mol. The number of hydrogen-bond donors (Lipinski definition) is 2. The molecule has 3 aromatic rings. The Hall–Kier alpha value is -2.60. The first-order valence-corrected chi connectivity index (χ1v) is 10.3. The Kier molecular flexibility index (Phi) is 5.53. The van der Waals surface area contributed by atoms with Crippen LogP contribution in [0.5, 0.6) is 0 Å². The molecule has 27 heavy (non-hydrogen) atoms. The van der Waals surface area contributed by atoms with E-state index in [0.717, 1.165) is 44.0 Å². The number of fused-ring (bicyclic) bond motifs is 1. The Morgan fingerprint density at radius 2 is 2.04 bits per heavy atom. The minimum Gasteiger partial charge on any atom is -0.363 e. The molecule has 140 valence electrons. The van der Waals surface area contributed by atoms with Crippen LogP contribution >= 0.6 is 11.3 Å². The van der Waals surface area contributed by atoms with Gasteiger partial charge in [0.15, 0.2) is 5.96 Å². The number of nitrogens with one attached hydrogen (secondary N) is 2. The fraction of sp³-hybridized carbons (Fsp3) is 0.333. The van der Waals surface area contributed by atoms with E-state index in [9.17, 15) is 0 Å². The van der Waals surface area contributed by atoms with Crippen LogP contribution in [-0.2, 0) is 6.54 Å². The zero-order chi connectivity index (χ0) is 18.5. The molecule has 0 unspecified atom stereocenters. The second-order valence-corrected chi connectivity index (χ2v) is 7.70. The third-order valence-corrected chi connectivity index (χ3v) is 5.99. The lowest BCUT2D eigenvalue weighted by Crippen LogP contribution is -2.48. The number of aliphatic imine (C=N–C) groups is 1. The van der Waals surface area contributed by atoms with Crippen molar-refractivity contribution in [1.29, 1.82) is 0 Å². The standard InChI is InChI=1S/C21H25N5S/c1-22-21(24-15-16-8-11-23-19-6-3-2-5-18(16)19)25-17-9-12-26(13-10-17)20-7-4-14-27-20/h2-8,11,14,17H,9-10,12-13,15H2,1H3,(H2,22,24,25). The molecule has 1 aliphatic heterocycles. The van der Waals surface area contributed by atoms with Gasteiger partial charge in [-0.15, -0.1) is 11.3 Å². The third kappa shape index (κ3) is 4.22. The number of pyridine rings is 1. The zero-order valence-electron chi connectivity index (χ0n) is 15.6. The van der Waals surface area contributed by atoms with Crippen LogP contribution in [0.2, 0.25) is 0 Å². The Morgan fingerprint density at radius 1 is 1.19 bits per heavy atom. The van der Waals surface area contributed by atoms with E-state index in [1.54, 1.807) is 0 Å². The normalized spacial score (nSPS) is 15.9. The fourth-order valence-corrected chi connectivity index (χ4v) is 4.36. The van der Waals surface area contributed by atoms with E-state index in [1.807, 2.05) is 36.7 Å². The smallest absolute Gasteiger partial charge is 0.191 e. The van der Waals surface area contributed by atoms with Gasteiger partial charge >= 0.3 is 0 Å². The van der Waals surface area contributed by atoms with Crippen molar-refractivity contribution < 1.29 is 0 Å². The number of anilines is 1. The highest BCUT2D eigenvalue weighted by atomic mass is 32.1. The van der Waals surface area contributed by atoms with Crippen molar-refractivity contribution in [2.45, 2.75) is 25.4 Å². The van der Waals surface area contributed by atoms with E-state index in [0.29, 0.717) is 6.04 Å². The number of benzene rings is 1. The second kappa shape index (κ2) is 8.39. The topological polar surface area (TPSA) is 52.6 Å². The zero-order valence-corrected chi connectivity index (χ0v) is 16.4. The molecular weight excluding hydrogens is 354 g/mol. The van der Waals surface area contributed by atoms with Gasteiger partial charge in [-0.25, -0.2) is 0 Å². The van der Waals surface area contributed by atoms with Gasteiger partial charge in [0.25, 0.3) is 0 Å². The summed E-state index contributed by atoms with van der Waals surface area (Å²) < 4.78 is 0. The molecule has 4 rings (SSSR count). The highest BCUT2D eigenvalue weighted by molar-refractivity contribution is 7.14. The number of guanidine groups is 1. The van der Waals surface area contributed by atoms with Crippen LogP contribution in [0.25, 0.3) is 10.9 Å². The molecule has 0 atom stereocenters. The van der Waals surface area contributed by atoms with Gasteiger partial charge in [-0.1, -0.05) is 18.2 Å². The largest absolute Gasteiger partial charge is 0.363 e. The van der Waals surface area contributed by atoms with Gasteiger partial charge in [0.2, 0.25) is 0 Å². The number of hydrogen-bond acceptors (Lipinski definition) is 4. The summed E-state index contributed by atoms with van der Waals surface area (Å²) in [6.07, 6.45) is 4.11. The number of thiophene rings is 1. The lowest BCUT2D eigenvalue weighted by atomic mass is 10.1. The first-order valence-electron chi connectivity index (χ1n) is 9.42. The summed E-state index contributed by atoms with van der Waals surface area (Å²) in [6.45, 7) is 2.91. The number of piperidine rings is 1. The number of rotatable bonds is 4. The monoisotopic (exact) mass is 379 g/mol. The van der Waals surface area contributed by atoms with Crippen LogP contribution < -0.4 is 15.5 Å². The first kappa shape index (κ1) is 17.8. The molecular formula is C21H25N5S. The fourth-order valence-electron chi connectivity index (χ4n) is 3.57. The second-order valence-electron chi connectivity index (χ2n) is 6.77. The molecule has 6 heteroatoms. The molecule has 5 nitrogen and oxygen atoms in total. The summed E-state index contributed by atoms with van der Waals surface area (Å²) in [4.78, 5) is 11.3. The molecule has 1 aliphatic rings. The highest BCUT2D eigenvalue weighted by Crippen LogP contribution is 2.24. The van der Waals surface area contributed by atoms with Crippen molar-refractivity contribution in [2.24, 2.45) is 4.99 Å². The molecule has 0 saturated carbocycles. The van der Waals surface area contributed by atoms with Crippen LogP contribution in [0.15, 0.2) is 59.0 Å². The molecule has 0 bridgehead atoms. The van der Waals surface area contributed by atoms with Crippen molar-refractivity contribution in [3.05, 3.63) is 59.6 Å². The average Bonchev–Trinajstić information content (AvgIpc) is 3.26. The molecule has 0 spiro atoms. The highest BCUT2D eigenvalue weighted by Gasteiger charge is 2.20. The van der Waals surface area contributed by atoms with Crippen LogP contribution in [0.1, 0.15) is 18.4 Å². The van der Waals surface area contributed by atoms with E-state index < -0.39 is 0 Å². The number of aromatic nitrogens is 1. The summed E-state index contributed by atoms with van der Waals surface area (Å²) >= 11 is 1.82. The minimum atomic E-state index is 0.460. The quantitative estimate of drug-likeness (QED) is 0.537. The molecule has 1 saturated heterocycles. The molecule has 2 N–H and O–H groups in total. The maximum absolute atomic E-state index is 4.43. The third-order valence-electron chi connectivity index (χ3n) is 5.06. The summed E-state index contributed by atoms with van der Waals surface area (Å²) in [5, 5.41) is 11.8. The van der Waals surface area contributed by atoms with Gasteiger partial charge in [0.05, 0.1) is 10.5 Å². The predicted octanol–water partition coefficient (Wildman–Crippen LogP) is 3.63. The van der Waals surface area contributed by atoms with Crippen molar-refractivity contribution in [2.75, 3.05) is 25.0 Å². The molecule has 1 aromatic carbocycles. The van der Waals surface area contributed by atoms with Gasteiger partial charge in [0, 0.05) is 44.3 Å². The maximum atomic E-state index is 4.43. The minimum absolute atomic E-state index is 0.460. The predicted molar refractivity (Wildman–Crippen MR) is 115 cm³/mol. The van der Waals surface area contributed by atoms with Gasteiger partial charge in [-0.3, -0.25) is 9.98 Å². The molecule has 0 aliphatic carbocycles. The Bertz CT molecular complexity index is 893.